The number of pyridine rings is 1. The van der Waals surface area contributed by atoms with Gasteiger partial charge in [-0.25, -0.2) is 9.97 Å². The fraction of sp³-hybridized carbons (Fsp3) is 0.368. The van der Waals surface area contributed by atoms with Crippen LogP contribution in [0.25, 0.3) is 10.2 Å². The van der Waals surface area contributed by atoms with Crippen LogP contribution in [-0.4, -0.2) is 32.4 Å². The van der Waals surface area contributed by atoms with Gasteiger partial charge in [0.05, 0.1) is 5.69 Å². The average molecular weight is 395 g/mol. The highest BCUT2D eigenvalue weighted by Gasteiger charge is 2.52. The van der Waals surface area contributed by atoms with Gasteiger partial charge in [-0.2, -0.15) is 4.98 Å². The molecule has 5 rings (SSSR count). The molecule has 9 heteroatoms. The van der Waals surface area contributed by atoms with Gasteiger partial charge >= 0.3 is 0 Å². The van der Waals surface area contributed by atoms with E-state index in [1.54, 1.807) is 6.20 Å². The molecule has 3 heterocycles. The Morgan fingerprint density at radius 1 is 1.32 bits per heavy atom. The van der Waals surface area contributed by atoms with E-state index in [0.29, 0.717) is 17.7 Å². The number of nitrogens with one attached hydrogen (secondary N) is 2. The predicted molar refractivity (Wildman–Crippen MR) is 110 cm³/mol. The van der Waals surface area contributed by atoms with Crippen molar-refractivity contribution in [2.24, 2.45) is 17.4 Å². The van der Waals surface area contributed by atoms with E-state index >= 15 is 0 Å². The lowest BCUT2D eigenvalue weighted by Crippen LogP contribution is -2.44. The van der Waals surface area contributed by atoms with Gasteiger partial charge < -0.3 is 22.1 Å². The topological polar surface area (TPSA) is 132 Å². The lowest BCUT2D eigenvalue weighted by atomic mass is 10.0. The minimum absolute atomic E-state index is 0.158. The molecule has 2 aliphatic rings. The van der Waals surface area contributed by atoms with E-state index in [-0.39, 0.29) is 17.1 Å². The van der Waals surface area contributed by atoms with Crippen molar-refractivity contribution in [3.05, 3.63) is 35.5 Å². The summed E-state index contributed by atoms with van der Waals surface area (Å²) in [5.74, 6) is 0.821. The molecular weight excluding hydrogens is 374 g/mol. The molecule has 0 saturated heterocycles. The minimum Gasteiger partial charge on any atom is -0.365 e. The van der Waals surface area contributed by atoms with E-state index in [0.717, 1.165) is 28.7 Å². The molecule has 0 spiro atoms. The number of fused-ring (bicyclic) bond motifs is 1. The van der Waals surface area contributed by atoms with Gasteiger partial charge in [-0.3, -0.25) is 4.79 Å². The van der Waals surface area contributed by atoms with Crippen LogP contribution in [0.2, 0.25) is 0 Å². The van der Waals surface area contributed by atoms with Crippen molar-refractivity contribution in [1.82, 2.24) is 15.0 Å². The van der Waals surface area contributed by atoms with Crippen LogP contribution >= 0.6 is 11.3 Å². The molecule has 0 aromatic carbocycles. The van der Waals surface area contributed by atoms with Crippen LogP contribution in [0.1, 0.15) is 36.0 Å². The number of amides is 1. The molecule has 1 unspecified atom stereocenters. The minimum atomic E-state index is -0.581. The highest BCUT2D eigenvalue weighted by Crippen LogP contribution is 2.47. The van der Waals surface area contributed by atoms with Crippen molar-refractivity contribution in [2.75, 3.05) is 10.6 Å². The smallest absolute Gasteiger partial charge is 0.254 e. The summed E-state index contributed by atoms with van der Waals surface area (Å²) in [5, 5.41) is 9.57. The molecule has 3 aromatic rings. The molecule has 2 aliphatic carbocycles. The highest BCUT2D eigenvalue weighted by molar-refractivity contribution is 7.17. The van der Waals surface area contributed by atoms with E-state index in [2.05, 4.69) is 25.6 Å². The van der Waals surface area contributed by atoms with Gasteiger partial charge in [-0.1, -0.05) is 0 Å². The third kappa shape index (κ3) is 3.16. The molecular formula is C19H21N7OS. The Hall–Kier alpha value is -2.78. The van der Waals surface area contributed by atoms with Gasteiger partial charge in [0, 0.05) is 34.7 Å². The van der Waals surface area contributed by atoms with Crippen LogP contribution in [0.4, 0.5) is 17.5 Å². The molecule has 3 aromatic heterocycles. The SMILES string of the molecule is NC(=O)c1cnc(NC(C2CC2)C2(N)CC2)nc1Nc1csc2ncccc12. The van der Waals surface area contributed by atoms with E-state index in [1.165, 1.54) is 30.4 Å². The Morgan fingerprint density at radius 3 is 2.86 bits per heavy atom. The van der Waals surface area contributed by atoms with Crippen molar-refractivity contribution in [1.29, 1.82) is 0 Å². The van der Waals surface area contributed by atoms with Gasteiger partial charge in [-0.15, -0.1) is 11.3 Å². The number of anilines is 3. The first-order valence-corrected chi connectivity index (χ1v) is 10.2. The lowest BCUT2D eigenvalue weighted by Gasteiger charge is -2.25. The Bertz CT molecular complexity index is 1060. The largest absolute Gasteiger partial charge is 0.365 e. The molecule has 0 aliphatic heterocycles. The zero-order valence-corrected chi connectivity index (χ0v) is 16.0. The van der Waals surface area contributed by atoms with Gasteiger partial charge in [0.25, 0.3) is 5.91 Å². The maximum atomic E-state index is 11.9. The maximum absolute atomic E-state index is 11.9. The highest BCUT2D eigenvalue weighted by atomic mass is 32.1. The Kier molecular flexibility index (Phi) is 3.95. The lowest BCUT2D eigenvalue weighted by molar-refractivity contribution is 0.100. The van der Waals surface area contributed by atoms with Crippen LogP contribution in [-0.2, 0) is 0 Å². The number of hydrogen-bond acceptors (Lipinski definition) is 8. The first-order chi connectivity index (χ1) is 13.5. The van der Waals surface area contributed by atoms with E-state index in [4.69, 9.17) is 11.5 Å². The summed E-state index contributed by atoms with van der Waals surface area (Å²) in [6.45, 7) is 0. The van der Waals surface area contributed by atoms with Crippen LogP contribution < -0.4 is 22.1 Å². The number of carbonyl (C=O) groups is 1. The van der Waals surface area contributed by atoms with E-state index in [9.17, 15) is 4.79 Å². The van der Waals surface area contributed by atoms with Crippen molar-refractivity contribution < 1.29 is 4.79 Å². The van der Waals surface area contributed by atoms with Crippen molar-refractivity contribution in [2.45, 2.75) is 37.3 Å². The van der Waals surface area contributed by atoms with Crippen molar-refractivity contribution in [3.8, 4) is 0 Å². The van der Waals surface area contributed by atoms with Gasteiger partial charge in [0.1, 0.15) is 16.2 Å². The predicted octanol–water partition coefficient (Wildman–Crippen LogP) is 2.61. The van der Waals surface area contributed by atoms with Gasteiger partial charge in [0.2, 0.25) is 5.95 Å². The number of aromatic nitrogens is 3. The third-order valence-electron chi connectivity index (χ3n) is 5.48. The first kappa shape index (κ1) is 17.3. The molecule has 28 heavy (non-hydrogen) atoms. The van der Waals surface area contributed by atoms with Crippen molar-refractivity contribution >= 4 is 44.9 Å². The second kappa shape index (κ2) is 6.39. The van der Waals surface area contributed by atoms with E-state index < -0.39 is 5.91 Å². The average Bonchev–Trinajstić information content (AvgIpc) is 3.61. The zero-order chi connectivity index (χ0) is 19.3. The number of hydrogen-bond donors (Lipinski definition) is 4. The van der Waals surface area contributed by atoms with Gasteiger partial charge in [0.15, 0.2) is 0 Å². The van der Waals surface area contributed by atoms with Crippen LogP contribution in [0.15, 0.2) is 29.9 Å². The number of nitrogens with two attached hydrogens (primary N) is 2. The molecule has 144 valence electrons. The van der Waals surface area contributed by atoms with Crippen LogP contribution in [0, 0.1) is 5.92 Å². The number of nitrogens with zero attached hydrogens (tertiary/aromatic N) is 3. The first-order valence-electron chi connectivity index (χ1n) is 9.35. The summed E-state index contributed by atoms with van der Waals surface area (Å²) in [6.07, 6.45) is 7.60. The van der Waals surface area contributed by atoms with Crippen LogP contribution in [0.5, 0.6) is 0 Å². The third-order valence-corrected chi connectivity index (χ3v) is 6.38. The summed E-state index contributed by atoms with van der Waals surface area (Å²) in [6, 6.07) is 4.00. The monoisotopic (exact) mass is 395 g/mol. The summed E-state index contributed by atoms with van der Waals surface area (Å²) in [7, 11) is 0. The fourth-order valence-electron chi connectivity index (χ4n) is 3.57. The molecule has 0 radical (unpaired) electrons. The fourth-order valence-corrected chi connectivity index (χ4v) is 4.42. The second-order valence-corrected chi connectivity index (χ2v) is 8.50. The molecule has 1 amide bonds. The maximum Gasteiger partial charge on any atom is 0.254 e. The quantitative estimate of drug-likeness (QED) is 0.483. The molecule has 8 nitrogen and oxygen atoms in total. The van der Waals surface area contributed by atoms with Crippen molar-refractivity contribution in [3.63, 3.8) is 0 Å². The normalized spacial score (nSPS) is 18.6. The molecule has 2 saturated carbocycles. The Morgan fingerprint density at radius 2 is 2.14 bits per heavy atom. The molecule has 2 fully saturated rings. The molecule has 6 N–H and O–H groups in total. The van der Waals surface area contributed by atoms with E-state index in [1.807, 2.05) is 17.5 Å². The number of rotatable bonds is 7. The second-order valence-electron chi connectivity index (χ2n) is 7.64. The standard InChI is InChI=1S/C19H21N7OS/c20-15(27)12-8-23-18(25-14(10-3-4-10)19(21)5-6-19)26-16(12)24-13-9-28-17-11(13)2-1-7-22-17/h1-2,7-10,14H,3-6,21H2,(H2,20,27)(H2,23,24,25,26). The molecule has 1 atom stereocenters. The summed E-state index contributed by atoms with van der Waals surface area (Å²) in [4.78, 5) is 26.0. The summed E-state index contributed by atoms with van der Waals surface area (Å²) >= 11 is 1.52. The number of thiophene rings is 1. The molecule has 0 bridgehead atoms. The number of primary amides is 1. The zero-order valence-electron chi connectivity index (χ0n) is 15.2. The Balaban J connectivity index is 1.47. The Labute approximate surface area is 165 Å². The number of carbonyl (C=O) groups excluding carboxylic acids is 1. The van der Waals surface area contributed by atoms with Crippen LogP contribution in [0.3, 0.4) is 0 Å². The summed E-state index contributed by atoms with van der Waals surface area (Å²) in [5.41, 5.74) is 12.9. The van der Waals surface area contributed by atoms with Gasteiger partial charge in [-0.05, 0) is 43.7 Å². The summed E-state index contributed by atoms with van der Waals surface area (Å²) < 4.78 is 0.